The number of aryl methyl sites for hydroxylation is 2. The van der Waals surface area contributed by atoms with Gasteiger partial charge in [0.2, 0.25) is 11.8 Å². The van der Waals surface area contributed by atoms with Crippen LogP contribution in [0.1, 0.15) is 28.7 Å². The number of nitrogens with zero attached hydrogens (tertiary/aromatic N) is 2. The topological polar surface area (TPSA) is 74.3 Å². The van der Waals surface area contributed by atoms with Crippen LogP contribution in [-0.4, -0.2) is 40.8 Å². The van der Waals surface area contributed by atoms with Gasteiger partial charge in [-0.3, -0.25) is 19.5 Å². The van der Waals surface area contributed by atoms with Crippen LogP contribution in [0.15, 0.2) is 42.7 Å². The highest BCUT2D eigenvalue weighted by Gasteiger charge is 2.31. The Balaban J connectivity index is 1.61. The zero-order valence-corrected chi connectivity index (χ0v) is 15.9. The van der Waals surface area contributed by atoms with Crippen LogP contribution in [0, 0.1) is 13.8 Å². The number of rotatable bonds is 6. The van der Waals surface area contributed by atoms with Gasteiger partial charge in [0, 0.05) is 38.6 Å². The molecular weight excluding hydrogens is 340 g/mol. The maximum absolute atomic E-state index is 12.5. The molecule has 2 N–H and O–H groups in total. The van der Waals surface area contributed by atoms with Gasteiger partial charge in [0.25, 0.3) is 0 Å². The molecular formula is C21H26N4O2. The molecule has 1 aliphatic rings. The summed E-state index contributed by atoms with van der Waals surface area (Å²) in [6.07, 6.45) is 3.67. The number of piperazine rings is 1. The minimum absolute atomic E-state index is 0.0907. The van der Waals surface area contributed by atoms with Gasteiger partial charge in [-0.2, -0.15) is 0 Å². The standard InChI is InChI=1S/C21H26N4O2/c1-15-5-6-16(2)18(10-15)13-24-20(26)11-19-21(27)23-8-9-25(19)14-17-4-3-7-22-12-17/h3-7,10,12,19H,8-9,11,13-14H2,1-2H3,(H,23,27)(H,24,26)/t19-/m1/s1. The Morgan fingerprint density at radius 1 is 1.33 bits per heavy atom. The van der Waals surface area contributed by atoms with Crippen molar-refractivity contribution in [2.24, 2.45) is 0 Å². The van der Waals surface area contributed by atoms with Crippen molar-refractivity contribution < 1.29 is 9.59 Å². The van der Waals surface area contributed by atoms with Gasteiger partial charge in [-0.25, -0.2) is 0 Å². The first-order valence-corrected chi connectivity index (χ1v) is 9.26. The quantitative estimate of drug-likeness (QED) is 0.816. The fourth-order valence-electron chi connectivity index (χ4n) is 3.33. The van der Waals surface area contributed by atoms with Gasteiger partial charge in [0.15, 0.2) is 0 Å². The summed E-state index contributed by atoms with van der Waals surface area (Å²) in [5, 5.41) is 5.83. The van der Waals surface area contributed by atoms with Gasteiger partial charge in [0.1, 0.15) is 0 Å². The second kappa shape index (κ2) is 8.77. The average Bonchev–Trinajstić information content (AvgIpc) is 2.66. The van der Waals surface area contributed by atoms with E-state index in [0.29, 0.717) is 19.6 Å². The summed E-state index contributed by atoms with van der Waals surface area (Å²) in [5.41, 5.74) is 4.45. The number of hydrogen-bond acceptors (Lipinski definition) is 4. The molecule has 2 amide bonds. The molecule has 0 radical (unpaired) electrons. The van der Waals surface area contributed by atoms with Crippen molar-refractivity contribution in [3.63, 3.8) is 0 Å². The Labute approximate surface area is 160 Å². The molecule has 6 heteroatoms. The summed E-state index contributed by atoms with van der Waals surface area (Å²) >= 11 is 0. The lowest BCUT2D eigenvalue weighted by molar-refractivity contribution is -0.134. The van der Waals surface area contributed by atoms with E-state index in [1.54, 1.807) is 12.4 Å². The molecule has 1 fully saturated rings. The number of nitrogens with one attached hydrogen (secondary N) is 2. The normalized spacial score (nSPS) is 17.4. The number of benzene rings is 1. The van der Waals surface area contributed by atoms with E-state index in [1.807, 2.05) is 30.9 Å². The summed E-state index contributed by atoms with van der Waals surface area (Å²) in [4.78, 5) is 31.0. The lowest BCUT2D eigenvalue weighted by Gasteiger charge is -2.34. The fourth-order valence-corrected chi connectivity index (χ4v) is 3.33. The molecule has 27 heavy (non-hydrogen) atoms. The number of carbonyl (C=O) groups is 2. The van der Waals surface area contributed by atoms with E-state index in [9.17, 15) is 9.59 Å². The Hall–Kier alpha value is -2.73. The SMILES string of the molecule is Cc1ccc(C)c(CNC(=O)C[C@@H]2C(=O)NCCN2Cc2cccnc2)c1. The van der Waals surface area contributed by atoms with Crippen LogP contribution >= 0.6 is 0 Å². The van der Waals surface area contributed by atoms with Gasteiger partial charge in [-0.1, -0.05) is 29.8 Å². The molecule has 1 aromatic heterocycles. The van der Waals surface area contributed by atoms with E-state index in [0.717, 1.165) is 23.2 Å². The van der Waals surface area contributed by atoms with Crippen molar-refractivity contribution in [2.45, 2.75) is 39.4 Å². The summed E-state index contributed by atoms with van der Waals surface area (Å²) in [5.74, 6) is -0.207. The fraction of sp³-hybridized carbons (Fsp3) is 0.381. The Kier molecular flexibility index (Phi) is 6.19. The zero-order chi connectivity index (χ0) is 19.2. The van der Waals surface area contributed by atoms with E-state index in [2.05, 4.69) is 33.8 Å². The molecule has 1 aromatic carbocycles. The van der Waals surface area contributed by atoms with Crippen LogP contribution in [0.3, 0.4) is 0 Å². The monoisotopic (exact) mass is 366 g/mol. The third kappa shape index (κ3) is 5.14. The first-order chi connectivity index (χ1) is 13.0. The molecule has 0 saturated carbocycles. The molecule has 0 bridgehead atoms. The summed E-state index contributed by atoms with van der Waals surface area (Å²) in [7, 11) is 0. The van der Waals surface area contributed by atoms with E-state index in [-0.39, 0.29) is 18.2 Å². The molecule has 2 aromatic rings. The van der Waals surface area contributed by atoms with Crippen LogP contribution in [-0.2, 0) is 22.7 Å². The second-order valence-corrected chi connectivity index (χ2v) is 7.05. The number of carbonyl (C=O) groups excluding carboxylic acids is 2. The van der Waals surface area contributed by atoms with Crippen molar-refractivity contribution in [3.8, 4) is 0 Å². The van der Waals surface area contributed by atoms with Crippen molar-refractivity contribution >= 4 is 11.8 Å². The van der Waals surface area contributed by atoms with Gasteiger partial charge in [-0.05, 0) is 36.6 Å². The lowest BCUT2D eigenvalue weighted by atomic mass is 10.0. The van der Waals surface area contributed by atoms with E-state index in [1.165, 1.54) is 5.56 Å². The summed E-state index contributed by atoms with van der Waals surface area (Å²) in [6, 6.07) is 9.60. The smallest absolute Gasteiger partial charge is 0.237 e. The lowest BCUT2D eigenvalue weighted by Crippen LogP contribution is -2.56. The Morgan fingerprint density at radius 2 is 2.19 bits per heavy atom. The zero-order valence-electron chi connectivity index (χ0n) is 15.9. The highest BCUT2D eigenvalue weighted by Crippen LogP contribution is 2.14. The maximum atomic E-state index is 12.5. The molecule has 0 unspecified atom stereocenters. The van der Waals surface area contributed by atoms with Crippen LogP contribution < -0.4 is 10.6 Å². The van der Waals surface area contributed by atoms with Crippen LogP contribution in [0.2, 0.25) is 0 Å². The van der Waals surface area contributed by atoms with E-state index in [4.69, 9.17) is 0 Å². The molecule has 1 atom stereocenters. The molecule has 1 aliphatic heterocycles. The molecule has 0 aliphatic carbocycles. The third-order valence-electron chi connectivity index (χ3n) is 4.91. The highest BCUT2D eigenvalue weighted by molar-refractivity contribution is 5.88. The van der Waals surface area contributed by atoms with Gasteiger partial charge in [-0.15, -0.1) is 0 Å². The third-order valence-corrected chi connectivity index (χ3v) is 4.91. The molecule has 2 heterocycles. The largest absolute Gasteiger partial charge is 0.353 e. The minimum atomic E-state index is -0.461. The molecule has 1 saturated heterocycles. The summed E-state index contributed by atoms with van der Waals surface area (Å²) in [6.45, 7) is 6.47. The van der Waals surface area contributed by atoms with Crippen LogP contribution in [0.4, 0.5) is 0 Å². The number of aromatic nitrogens is 1. The predicted molar refractivity (Wildman–Crippen MR) is 104 cm³/mol. The van der Waals surface area contributed by atoms with Gasteiger partial charge < -0.3 is 10.6 Å². The van der Waals surface area contributed by atoms with Crippen molar-refractivity contribution in [1.29, 1.82) is 0 Å². The predicted octanol–water partition coefficient (Wildman–Crippen LogP) is 1.71. The molecule has 142 valence electrons. The van der Waals surface area contributed by atoms with E-state index < -0.39 is 6.04 Å². The number of amides is 2. The van der Waals surface area contributed by atoms with Crippen molar-refractivity contribution in [2.75, 3.05) is 13.1 Å². The molecule has 6 nitrogen and oxygen atoms in total. The number of pyridine rings is 1. The highest BCUT2D eigenvalue weighted by atomic mass is 16.2. The maximum Gasteiger partial charge on any atom is 0.237 e. The van der Waals surface area contributed by atoms with Crippen molar-refractivity contribution in [3.05, 3.63) is 65.0 Å². The minimum Gasteiger partial charge on any atom is -0.353 e. The Morgan fingerprint density at radius 3 is 2.96 bits per heavy atom. The van der Waals surface area contributed by atoms with E-state index >= 15 is 0 Å². The first-order valence-electron chi connectivity index (χ1n) is 9.26. The second-order valence-electron chi connectivity index (χ2n) is 7.05. The summed E-state index contributed by atoms with van der Waals surface area (Å²) < 4.78 is 0. The number of hydrogen-bond donors (Lipinski definition) is 2. The molecule has 3 rings (SSSR count). The van der Waals surface area contributed by atoms with Crippen LogP contribution in [0.5, 0.6) is 0 Å². The average molecular weight is 366 g/mol. The first kappa shape index (κ1) is 19.0. The molecule has 0 spiro atoms. The van der Waals surface area contributed by atoms with Crippen molar-refractivity contribution in [1.82, 2.24) is 20.5 Å². The van der Waals surface area contributed by atoms with Crippen LogP contribution in [0.25, 0.3) is 0 Å². The Bertz CT molecular complexity index is 807. The van der Waals surface area contributed by atoms with Gasteiger partial charge >= 0.3 is 0 Å². The van der Waals surface area contributed by atoms with Gasteiger partial charge in [0.05, 0.1) is 12.5 Å².